The maximum absolute atomic E-state index is 12.9. The van der Waals surface area contributed by atoms with Crippen molar-refractivity contribution in [3.05, 3.63) is 110 Å². The molecule has 0 saturated carbocycles. The van der Waals surface area contributed by atoms with Gasteiger partial charge in [0.25, 0.3) is 0 Å². The van der Waals surface area contributed by atoms with Crippen molar-refractivity contribution >= 4 is 17.1 Å². The maximum atomic E-state index is 12.9. The van der Waals surface area contributed by atoms with Crippen molar-refractivity contribution in [1.82, 2.24) is 19.4 Å². The summed E-state index contributed by atoms with van der Waals surface area (Å²) >= 11 is 0. The molecule has 31 heavy (non-hydrogen) atoms. The van der Waals surface area contributed by atoms with Crippen molar-refractivity contribution < 1.29 is 4.79 Å². The number of hydrogen-bond donors (Lipinski definition) is 1. The van der Waals surface area contributed by atoms with E-state index >= 15 is 0 Å². The Morgan fingerprint density at radius 2 is 1.65 bits per heavy atom. The topological polar surface area (TPSA) is 86.0 Å². The second-order valence-electron chi connectivity index (χ2n) is 7.38. The average molecular weight is 414 g/mol. The van der Waals surface area contributed by atoms with Gasteiger partial charge in [0.15, 0.2) is 5.65 Å². The third-order valence-corrected chi connectivity index (χ3v) is 5.04. The Morgan fingerprint density at radius 3 is 2.42 bits per heavy atom. The number of pyridine rings is 1. The van der Waals surface area contributed by atoms with Gasteiger partial charge in [0, 0.05) is 12.7 Å². The normalized spacial score (nSPS) is 10.9. The molecule has 7 heteroatoms. The largest absolute Gasteiger partial charge is 0.350 e. The first-order valence-electron chi connectivity index (χ1n) is 9.97. The summed E-state index contributed by atoms with van der Waals surface area (Å²) in [5.74, 6) is -0.353. The van der Waals surface area contributed by atoms with E-state index in [-0.39, 0.29) is 19.0 Å². The molecular formula is C24H22N4O3. The molecule has 156 valence electrons. The van der Waals surface area contributed by atoms with Crippen molar-refractivity contribution in [2.45, 2.75) is 26.6 Å². The van der Waals surface area contributed by atoms with Gasteiger partial charge >= 0.3 is 11.1 Å². The maximum Gasteiger partial charge on any atom is 0.318 e. The summed E-state index contributed by atoms with van der Waals surface area (Å²) in [6, 6.07) is 20.6. The Balaban J connectivity index is 1.65. The van der Waals surface area contributed by atoms with E-state index < -0.39 is 11.1 Å². The van der Waals surface area contributed by atoms with E-state index in [9.17, 15) is 14.4 Å². The second kappa shape index (κ2) is 8.79. The molecule has 0 radical (unpaired) electrons. The number of aromatic nitrogens is 3. The molecule has 4 rings (SSSR count). The molecule has 4 aromatic rings. The standard InChI is InChI=1S/C24H22N4O3/c1-17-7-5-10-19(13-17)14-26-21(29)16-27-20-11-6-12-25-22(20)28(24(31)23(27)30)15-18-8-3-2-4-9-18/h2-13H,14-16H2,1H3,(H,26,29). The highest BCUT2D eigenvalue weighted by Gasteiger charge is 2.16. The minimum absolute atomic E-state index is 0.225. The molecule has 0 bridgehead atoms. The van der Waals surface area contributed by atoms with Gasteiger partial charge in [-0.05, 0) is 30.2 Å². The predicted octanol–water partition coefficient (Wildman–Crippen LogP) is 2.23. The SMILES string of the molecule is Cc1cccc(CNC(=O)Cn2c(=O)c(=O)n(Cc3ccccc3)c3ncccc32)c1. The Hall–Kier alpha value is -4.00. The van der Waals surface area contributed by atoms with Crippen LogP contribution in [0.2, 0.25) is 0 Å². The summed E-state index contributed by atoms with van der Waals surface area (Å²) in [5.41, 5.74) is 2.29. The van der Waals surface area contributed by atoms with E-state index in [2.05, 4.69) is 10.3 Å². The number of fused-ring (bicyclic) bond motifs is 1. The average Bonchev–Trinajstić information content (AvgIpc) is 2.79. The lowest BCUT2D eigenvalue weighted by molar-refractivity contribution is -0.121. The van der Waals surface area contributed by atoms with E-state index in [1.54, 1.807) is 18.3 Å². The summed E-state index contributed by atoms with van der Waals surface area (Å²) in [6.07, 6.45) is 1.57. The lowest BCUT2D eigenvalue weighted by Crippen LogP contribution is -2.44. The van der Waals surface area contributed by atoms with Crippen LogP contribution in [0.5, 0.6) is 0 Å². The van der Waals surface area contributed by atoms with Crippen LogP contribution >= 0.6 is 0 Å². The highest BCUT2D eigenvalue weighted by Crippen LogP contribution is 2.10. The predicted molar refractivity (Wildman–Crippen MR) is 119 cm³/mol. The van der Waals surface area contributed by atoms with Crippen LogP contribution in [-0.4, -0.2) is 20.0 Å². The monoisotopic (exact) mass is 414 g/mol. The van der Waals surface area contributed by atoms with Gasteiger partial charge in [0.1, 0.15) is 6.54 Å². The molecule has 0 aliphatic carbocycles. The Morgan fingerprint density at radius 1 is 0.903 bits per heavy atom. The highest BCUT2D eigenvalue weighted by molar-refractivity contribution is 5.78. The minimum atomic E-state index is -0.748. The molecule has 1 amide bonds. The fourth-order valence-electron chi connectivity index (χ4n) is 3.54. The molecule has 0 aliphatic rings. The fraction of sp³-hybridized carbons (Fsp3) is 0.167. The number of benzene rings is 2. The van der Waals surface area contributed by atoms with Crippen molar-refractivity contribution in [2.75, 3.05) is 0 Å². The van der Waals surface area contributed by atoms with Crippen LogP contribution in [0.1, 0.15) is 16.7 Å². The third kappa shape index (κ3) is 4.45. The van der Waals surface area contributed by atoms with Crippen molar-refractivity contribution in [3.63, 3.8) is 0 Å². The molecular weight excluding hydrogens is 392 g/mol. The first kappa shape index (κ1) is 20.3. The summed E-state index contributed by atoms with van der Waals surface area (Å²) in [7, 11) is 0. The van der Waals surface area contributed by atoms with Crippen LogP contribution in [0, 0.1) is 6.92 Å². The van der Waals surface area contributed by atoms with E-state index in [4.69, 9.17) is 0 Å². The van der Waals surface area contributed by atoms with Crippen LogP contribution in [-0.2, 0) is 24.4 Å². The zero-order chi connectivity index (χ0) is 21.8. The van der Waals surface area contributed by atoms with Crippen LogP contribution in [0.3, 0.4) is 0 Å². The molecule has 0 aliphatic heterocycles. The number of carbonyl (C=O) groups is 1. The van der Waals surface area contributed by atoms with Gasteiger partial charge in [-0.25, -0.2) is 4.98 Å². The quantitative estimate of drug-likeness (QED) is 0.490. The Labute approximate surface area is 178 Å². The highest BCUT2D eigenvalue weighted by atomic mass is 16.2. The van der Waals surface area contributed by atoms with Gasteiger partial charge in [0.2, 0.25) is 5.91 Å². The summed E-state index contributed by atoms with van der Waals surface area (Å²) < 4.78 is 2.55. The number of nitrogens with zero attached hydrogens (tertiary/aromatic N) is 3. The van der Waals surface area contributed by atoms with Crippen LogP contribution in [0.15, 0.2) is 82.5 Å². The van der Waals surface area contributed by atoms with Gasteiger partial charge in [-0.3, -0.25) is 23.5 Å². The molecule has 2 aromatic heterocycles. The smallest absolute Gasteiger partial charge is 0.318 e. The third-order valence-electron chi connectivity index (χ3n) is 5.04. The number of hydrogen-bond acceptors (Lipinski definition) is 4. The van der Waals surface area contributed by atoms with Gasteiger partial charge in [-0.2, -0.15) is 0 Å². The first-order chi connectivity index (χ1) is 15.0. The minimum Gasteiger partial charge on any atom is -0.350 e. The van der Waals surface area contributed by atoms with E-state index in [0.29, 0.717) is 17.7 Å². The van der Waals surface area contributed by atoms with E-state index in [1.165, 1.54) is 9.13 Å². The number of rotatable bonds is 6. The zero-order valence-electron chi connectivity index (χ0n) is 17.1. The molecule has 2 heterocycles. The van der Waals surface area contributed by atoms with Gasteiger partial charge in [-0.1, -0.05) is 60.2 Å². The van der Waals surface area contributed by atoms with Crippen molar-refractivity contribution in [2.24, 2.45) is 0 Å². The molecule has 2 aromatic carbocycles. The molecule has 7 nitrogen and oxygen atoms in total. The lowest BCUT2D eigenvalue weighted by Gasteiger charge is -2.14. The molecule has 0 fully saturated rings. The van der Waals surface area contributed by atoms with Gasteiger partial charge in [-0.15, -0.1) is 0 Å². The molecule has 0 spiro atoms. The number of carbonyl (C=O) groups excluding carboxylic acids is 1. The van der Waals surface area contributed by atoms with E-state index in [0.717, 1.165) is 16.7 Å². The van der Waals surface area contributed by atoms with Crippen molar-refractivity contribution in [3.8, 4) is 0 Å². The summed E-state index contributed by atoms with van der Waals surface area (Å²) in [4.78, 5) is 42.6. The number of nitrogens with one attached hydrogen (secondary N) is 1. The first-order valence-corrected chi connectivity index (χ1v) is 9.97. The van der Waals surface area contributed by atoms with Crippen LogP contribution in [0.4, 0.5) is 0 Å². The van der Waals surface area contributed by atoms with Gasteiger partial charge < -0.3 is 5.32 Å². The van der Waals surface area contributed by atoms with Crippen LogP contribution in [0.25, 0.3) is 11.2 Å². The fourth-order valence-corrected chi connectivity index (χ4v) is 3.54. The Kier molecular flexibility index (Phi) is 5.75. The molecule has 0 unspecified atom stereocenters. The van der Waals surface area contributed by atoms with E-state index in [1.807, 2.05) is 61.5 Å². The molecule has 1 N–H and O–H groups in total. The number of aryl methyl sites for hydroxylation is 1. The van der Waals surface area contributed by atoms with Crippen LogP contribution < -0.4 is 16.4 Å². The number of amides is 1. The zero-order valence-corrected chi connectivity index (χ0v) is 17.1. The van der Waals surface area contributed by atoms with Crippen molar-refractivity contribution in [1.29, 1.82) is 0 Å². The van der Waals surface area contributed by atoms with Gasteiger partial charge in [0.05, 0.1) is 12.1 Å². The summed E-state index contributed by atoms with van der Waals surface area (Å²) in [6.45, 7) is 2.29. The second-order valence-corrected chi connectivity index (χ2v) is 7.38. The lowest BCUT2D eigenvalue weighted by atomic mass is 10.1. The molecule has 0 saturated heterocycles. The Bertz CT molecular complexity index is 1360. The molecule has 0 atom stereocenters. The summed E-state index contributed by atoms with van der Waals surface area (Å²) in [5, 5.41) is 2.81.